The molecule has 0 aromatic rings. The number of hydrogen-bond donors (Lipinski definition) is 3. The largest absolute Gasteiger partial charge is 0.478 e. The molecule has 0 saturated heterocycles. The number of carboxylic acid groups (broad SMARTS) is 2. The molecule has 0 aliphatic carbocycles. The zero-order valence-electron chi connectivity index (χ0n) is 9.40. The van der Waals surface area contributed by atoms with Crippen LogP contribution in [0.1, 0.15) is 39.0 Å². The molecule has 0 bridgehead atoms. The maximum absolute atomic E-state index is 10.9. The van der Waals surface area contributed by atoms with Gasteiger partial charge in [-0.05, 0) is 25.7 Å². The van der Waals surface area contributed by atoms with E-state index in [0.717, 1.165) is 6.42 Å². The minimum atomic E-state index is -1.21. The summed E-state index contributed by atoms with van der Waals surface area (Å²) in [6.07, 6.45) is 2.09. The normalized spacial score (nSPS) is 12.1. The molecule has 0 aliphatic heterocycles. The first kappa shape index (κ1) is 14.6. The third-order valence-electron chi connectivity index (χ3n) is 2.25. The smallest absolute Gasteiger partial charge is 0.332 e. The number of carboxylic acids is 2. The molecule has 0 atom stereocenters. The lowest BCUT2D eigenvalue weighted by Crippen LogP contribution is -2.12. The van der Waals surface area contributed by atoms with Gasteiger partial charge in [-0.3, -0.25) is 0 Å². The summed E-state index contributed by atoms with van der Waals surface area (Å²) in [4.78, 5) is 21.8. The van der Waals surface area contributed by atoms with Crippen molar-refractivity contribution in [2.75, 3.05) is 6.61 Å². The molecule has 3 N–H and O–H groups in total. The maximum atomic E-state index is 10.9. The van der Waals surface area contributed by atoms with Crippen LogP contribution in [0.25, 0.3) is 0 Å². The molecule has 0 unspecified atom stereocenters. The van der Waals surface area contributed by atoms with Gasteiger partial charge in [0, 0.05) is 17.8 Å². The average Bonchev–Trinajstić information content (AvgIpc) is 2.21. The molecule has 5 heteroatoms. The number of aliphatic hydroxyl groups excluding tert-OH is 1. The molecule has 0 amide bonds. The molecule has 0 spiro atoms. The fourth-order valence-electron chi connectivity index (χ4n) is 1.38. The van der Waals surface area contributed by atoms with E-state index in [9.17, 15) is 9.59 Å². The van der Waals surface area contributed by atoms with Crippen LogP contribution in [0.2, 0.25) is 0 Å². The molecule has 0 aromatic carbocycles. The van der Waals surface area contributed by atoms with Crippen molar-refractivity contribution in [3.63, 3.8) is 0 Å². The van der Waals surface area contributed by atoms with Gasteiger partial charge in [0.2, 0.25) is 0 Å². The van der Waals surface area contributed by atoms with Crippen LogP contribution in [0.15, 0.2) is 11.1 Å². The second kappa shape index (κ2) is 7.87. The number of aliphatic carboxylic acids is 2. The SMILES string of the molecule is CCCC/C(C(=O)O)=C(\CCCO)C(=O)O. The number of unbranched alkanes of at least 4 members (excludes halogenated alkanes) is 1. The average molecular weight is 230 g/mol. The van der Waals surface area contributed by atoms with Gasteiger partial charge in [-0.15, -0.1) is 0 Å². The van der Waals surface area contributed by atoms with Crippen LogP contribution in [-0.4, -0.2) is 33.9 Å². The number of rotatable bonds is 8. The van der Waals surface area contributed by atoms with Crippen molar-refractivity contribution in [2.45, 2.75) is 39.0 Å². The van der Waals surface area contributed by atoms with Crippen molar-refractivity contribution >= 4 is 11.9 Å². The molecule has 92 valence electrons. The summed E-state index contributed by atoms with van der Waals surface area (Å²) in [7, 11) is 0. The third kappa shape index (κ3) is 4.93. The maximum Gasteiger partial charge on any atom is 0.332 e. The van der Waals surface area contributed by atoms with E-state index in [1.807, 2.05) is 6.92 Å². The predicted molar refractivity (Wildman–Crippen MR) is 58.1 cm³/mol. The Morgan fingerprint density at radius 2 is 1.38 bits per heavy atom. The van der Waals surface area contributed by atoms with E-state index in [4.69, 9.17) is 15.3 Å². The van der Waals surface area contributed by atoms with E-state index >= 15 is 0 Å². The van der Waals surface area contributed by atoms with Gasteiger partial charge in [-0.2, -0.15) is 0 Å². The van der Waals surface area contributed by atoms with Crippen LogP contribution in [0.3, 0.4) is 0 Å². The molecule has 16 heavy (non-hydrogen) atoms. The minimum Gasteiger partial charge on any atom is -0.478 e. The standard InChI is InChI=1S/C11H18O5/c1-2-3-5-8(10(13)14)9(11(15)16)6-4-7-12/h12H,2-7H2,1H3,(H,13,14)(H,15,16)/b9-8-. The molecule has 0 aromatic heterocycles. The highest BCUT2D eigenvalue weighted by Gasteiger charge is 2.18. The fraction of sp³-hybridized carbons (Fsp3) is 0.636. The Morgan fingerprint density at radius 1 is 0.938 bits per heavy atom. The molecule has 0 radical (unpaired) electrons. The molecule has 5 nitrogen and oxygen atoms in total. The van der Waals surface area contributed by atoms with Crippen LogP contribution in [0, 0.1) is 0 Å². The highest BCUT2D eigenvalue weighted by molar-refractivity contribution is 5.98. The van der Waals surface area contributed by atoms with E-state index in [1.54, 1.807) is 0 Å². The van der Waals surface area contributed by atoms with Crippen molar-refractivity contribution in [3.05, 3.63) is 11.1 Å². The number of aliphatic hydroxyl groups is 1. The first-order chi connectivity index (χ1) is 7.54. The Hall–Kier alpha value is -1.36. The molecular formula is C11H18O5. The second-order valence-electron chi connectivity index (χ2n) is 3.50. The van der Waals surface area contributed by atoms with Gasteiger partial charge in [-0.25, -0.2) is 9.59 Å². The number of hydrogen-bond acceptors (Lipinski definition) is 3. The molecule has 0 aliphatic rings. The quantitative estimate of drug-likeness (QED) is 0.548. The topological polar surface area (TPSA) is 94.8 Å². The Labute approximate surface area is 94.4 Å². The van der Waals surface area contributed by atoms with Crippen molar-refractivity contribution < 1.29 is 24.9 Å². The van der Waals surface area contributed by atoms with Gasteiger partial charge in [0.1, 0.15) is 0 Å². The van der Waals surface area contributed by atoms with Crippen LogP contribution in [-0.2, 0) is 9.59 Å². The summed E-state index contributed by atoms with van der Waals surface area (Å²) in [5.74, 6) is -2.38. The predicted octanol–water partition coefficient (Wildman–Crippen LogP) is 1.41. The van der Waals surface area contributed by atoms with Gasteiger partial charge in [0.05, 0.1) is 0 Å². The van der Waals surface area contributed by atoms with Crippen LogP contribution >= 0.6 is 0 Å². The molecule has 0 saturated carbocycles. The zero-order chi connectivity index (χ0) is 12.6. The summed E-state index contributed by atoms with van der Waals surface area (Å²) < 4.78 is 0. The van der Waals surface area contributed by atoms with Crippen molar-refractivity contribution in [1.82, 2.24) is 0 Å². The lowest BCUT2D eigenvalue weighted by molar-refractivity contribution is -0.136. The lowest BCUT2D eigenvalue weighted by atomic mass is 9.99. The van der Waals surface area contributed by atoms with Gasteiger partial charge in [0.25, 0.3) is 0 Å². The Balaban J connectivity index is 4.94. The highest BCUT2D eigenvalue weighted by Crippen LogP contribution is 2.17. The van der Waals surface area contributed by atoms with Crippen molar-refractivity contribution in [3.8, 4) is 0 Å². The molecule has 0 fully saturated rings. The summed E-state index contributed by atoms with van der Waals surface area (Å²) >= 11 is 0. The number of carbonyl (C=O) groups is 2. The second-order valence-corrected chi connectivity index (χ2v) is 3.50. The van der Waals surface area contributed by atoms with E-state index in [2.05, 4.69) is 0 Å². The summed E-state index contributed by atoms with van der Waals surface area (Å²) in [6, 6.07) is 0. The summed E-state index contributed by atoms with van der Waals surface area (Å²) in [5.41, 5.74) is -0.127. The molecular weight excluding hydrogens is 212 g/mol. The van der Waals surface area contributed by atoms with E-state index in [1.165, 1.54) is 0 Å². The van der Waals surface area contributed by atoms with E-state index in [-0.39, 0.29) is 37.0 Å². The Kier molecular flexibility index (Phi) is 7.20. The van der Waals surface area contributed by atoms with E-state index < -0.39 is 11.9 Å². The first-order valence-corrected chi connectivity index (χ1v) is 5.34. The minimum absolute atomic E-state index is 0.0391. The lowest BCUT2D eigenvalue weighted by Gasteiger charge is -2.07. The monoisotopic (exact) mass is 230 g/mol. The first-order valence-electron chi connectivity index (χ1n) is 5.34. The van der Waals surface area contributed by atoms with Gasteiger partial charge >= 0.3 is 11.9 Å². The van der Waals surface area contributed by atoms with Crippen LogP contribution in [0.4, 0.5) is 0 Å². The fourth-order valence-corrected chi connectivity index (χ4v) is 1.38. The molecule has 0 heterocycles. The Morgan fingerprint density at radius 3 is 1.69 bits per heavy atom. The van der Waals surface area contributed by atoms with Crippen molar-refractivity contribution in [2.24, 2.45) is 0 Å². The van der Waals surface area contributed by atoms with E-state index in [0.29, 0.717) is 6.42 Å². The van der Waals surface area contributed by atoms with Gasteiger partial charge in [0.15, 0.2) is 0 Å². The Bertz CT molecular complexity index is 252. The highest BCUT2D eigenvalue weighted by atomic mass is 16.4. The van der Waals surface area contributed by atoms with Crippen LogP contribution in [0.5, 0.6) is 0 Å². The summed E-state index contributed by atoms with van der Waals surface area (Å²) in [5, 5.41) is 26.5. The van der Waals surface area contributed by atoms with Crippen LogP contribution < -0.4 is 0 Å². The van der Waals surface area contributed by atoms with Gasteiger partial charge < -0.3 is 15.3 Å². The summed E-state index contributed by atoms with van der Waals surface area (Å²) in [6.45, 7) is 1.77. The third-order valence-corrected chi connectivity index (χ3v) is 2.25. The molecule has 0 rings (SSSR count). The van der Waals surface area contributed by atoms with Gasteiger partial charge in [-0.1, -0.05) is 13.3 Å². The van der Waals surface area contributed by atoms with Crippen molar-refractivity contribution in [1.29, 1.82) is 0 Å². The zero-order valence-corrected chi connectivity index (χ0v) is 9.40.